The lowest BCUT2D eigenvalue weighted by Crippen LogP contribution is -2.46. The summed E-state index contributed by atoms with van der Waals surface area (Å²) < 4.78 is 27.2. The highest BCUT2D eigenvalue weighted by molar-refractivity contribution is 6.04. The van der Waals surface area contributed by atoms with Crippen LogP contribution in [-0.2, 0) is 9.63 Å². The molecule has 128 valence electrons. The van der Waals surface area contributed by atoms with Gasteiger partial charge in [0.2, 0.25) is 6.10 Å². The number of rotatable bonds is 3. The Hall–Kier alpha value is -1.98. The van der Waals surface area contributed by atoms with E-state index < -0.39 is 17.7 Å². The molecule has 2 aliphatic heterocycles. The van der Waals surface area contributed by atoms with E-state index in [1.54, 1.807) is 0 Å². The molecule has 0 aromatic heterocycles. The fourth-order valence-corrected chi connectivity index (χ4v) is 3.95. The lowest BCUT2D eigenvalue weighted by Gasteiger charge is -2.37. The van der Waals surface area contributed by atoms with Gasteiger partial charge in [-0.15, -0.1) is 0 Å². The molecule has 2 atom stereocenters. The summed E-state index contributed by atoms with van der Waals surface area (Å²) in [6.07, 6.45) is 5.17. The molecule has 2 heterocycles. The largest absolute Gasteiger partial charge is 0.382 e. The molecule has 1 saturated carbocycles. The Balaban J connectivity index is 1.45. The van der Waals surface area contributed by atoms with Gasteiger partial charge in [-0.3, -0.25) is 4.79 Å². The first-order chi connectivity index (χ1) is 11.6. The number of nitrogens with zero attached hydrogens (tertiary/aromatic N) is 2. The van der Waals surface area contributed by atoms with Gasteiger partial charge >= 0.3 is 0 Å². The Morgan fingerprint density at radius 2 is 2.04 bits per heavy atom. The fourth-order valence-electron chi connectivity index (χ4n) is 3.95. The Morgan fingerprint density at radius 3 is 2.79 bits per heavy atom. The van der Waals surface area contributed by atoms with Crippen LogP contribution < -0.4 is 0 Å². The van der Waals surface area contributed by atoms with Crippen LogP contribution in [-0.4, -0.2) is 35.2 Å². The van der Waals surface area contributed by atoms with Gasteiger partial charge in [0.1, 0.15) is 11.6 Å². The van der Waals surface area contributed by atoms with Crippen molar-refractivity contribution in [3.63, 3.8) is 0 Å². The summed E-state index contributed by atoms with van der Waals surface area (Å²) in [5.41, 5.74) is 0.368. The van der Waals surface area contributed by atoms with Crippen LogP contribution in [0.5, 0.6) is 0 Å². The molecule has 0 N–H and O–H groups in total. The number of hydrogen-bond acceptors (Lipinski definition) is 3. The molecule has 0 bridgehead atoms. The van der Waals surface area contributed by atoms with Crippen LogP contribution in [0, 0.1) is 17.6 Å². The van der Waals surface area contributed by atoms with Crippen LogP contribution in [0.3, 0.4) is 0 Å². The molecule has 2 fully saturated rings. The average molecular weight is 334 g/mol. The van der Waals surface area contributed by atoms with E-state index in [2.05, 4.69) is 5.16 Å². The summed E-state index contributed by atoms with van der Waals surface area (Å²) in [5, 5.41) is 3.85. The third-order valence-corrected chi connectivity index (χ3v) is 5.46. The Morgan fingerprint density at radius 1 is 1.21 bits per heavy atom. The Kier molecular flexibility index (Phi) is 3.98. The molecule has 1 amide bonds. The van der Waals surface area contributed by atoms with Gasteiger partial charge in [-0.25, -0.2) is 8.78 Å². The van der Waals surface area contributed by atoms with Gasteiger partial charge in [0.05, 0.1) is 5.71 Å². The monoisotopic (exact) mass is 334 g/mol. The second-order valence-electron chi connectivity index (χ2n) is 6.89. The first-order valence-electron chi connectivity index (χ1n) is 8.62. The second kappa shape index (κ2) is 6.15. The second-order valence-corrected chi connectivity index (χ2v) is 6.89. The van der Waals surface area contributed by atoms with Crippen LogP contribution >= 0.6 is 0 Å². The van der Waals surface area contributed by atoms with E-state index >= 15 is 0 Å². The van der Waals surface area contributed by atoms with Crippen LogP contribution in [0.25, 0.3) is 0 Å². The lowest BCUT2D eigenvalue weighted by atomic mass is 9.78. The SMILES string of the molecule is O=C([C@@H]1CC(c2cc(F)ccc2F)=NO1)N1CCC[C@@H]1C1CCC1. The molecule has 0 radical (unpaired) electrons. The van der Waals surface area contributed by atoms with Crippen molar-refractivity contribution in [3.05, 3.63) is 35.4 Å². The fraction of sp³-hybridized carbons (Fsp3) is 0.556. The normalized spacial score (nSPS) is 26.9. The number of likely N-dealkylation sites (tertiary alicyclic amines) is 1. The van der Waals surface area contributed by atoms with Gasteiger partial charge in [-0.05, 0) is 49.8 Å². The van der Waals surface area contributed by atoms with Crippen LogP contribution in [0.15, 0.2) is 23.4 Å². The molecular formula is C18H20F2N2O2. The first-order valence-corrected chi connectivity index (χ1v) is 8.62. The number of benzene rings is 1. The van der Waals surface area contributed by atoms with Crippen molar-refractivity contribution in [2.75, 3.05) is 6.54 Å². The maximum absolute atomic E-state index is 13.9. The van der Waals surface area contributed by atoms with E-state index in [1.807, 2.05) is 4.90 Å². The minimum absolute atomic E-state index is 0.0695. The molecule has 6 heteroatoms. The molecule has 4 rings (SSSR count). The highest BCUT2D eigenvalue weighted by atomic mass is 19.1. The molecule has 0 spiro atoms. The van der Waals surface area contributed by atoms with Crippen LogP contribution in [0.2, 0.25) is 0 Å². The van der Waals surface area contributed by atoms with E-state index in [4.69, 9.17) is 4.84 Å². The summed E-state index contributed by atoms with van der Waals surface area (Å²) in [5.74, 6) is -0.548. The molecule has 24 heavy (non-hydrogen) atoms. The predicted octanol–water partition coefficient (Wildman–Crippen LogP) is 3.25. The van der Waals surface area contributed by atoms with E-state index in [9.17, 15) is 13.6 Å². The zero-order chi connectivity index (χ0) is 16.7. The number of carbonyl (C=O) groups is 1. The molecule has 3 aliphatic rings. The molecular weight excluding hydrogens is 314 g/mol. The number of oxime groups is 1. The summed E-state index contributed by atoms with van der Waals surface area (Å²) in [6, 6.07) is 3.53. The number of hydrogen-bond donors (Lipinski definition) is 0. The van der Waals surface area contributed by atoms with E-state index in [0.29, 0.717) is 17.7 Å². The molecule has 4 nitrogen and oxygen atoms in total. The first kappa shape index (κ1) is 15.5. The number of carbonyl (C=O) groups excluding carboxylic acids is 1. The van der Waals surface area contributed by atoms with Crippen molar-refractivity contribution >= 4 is 11.6 Å². The maximum Gasteiger partial charge on any atom is 0.267 e. The van der Waals surface area contributed by atoms with E-state index in [-0.39, 0.29) is 17.9 Å². The van der Waals surface area contributed by atoms with Gasteiger partial charge < -0.3 is 9.74 Å². The quantitative estimate of drug-likeness (QED) is 0.851. The third-order valence-electron chi connectivity index (χ3n) is 5.46. The highest BCUT2D eigenvalue weighted by Gasteiger charge is 2.41. The molecule has 1 aliphatic carbocycles. The molecule has 0 unspecified atom stereocenters. The van der Waals surface area contributed by atoms with Crippen molar-refractivity contribution in [2.24, 2.45) is 11.1 Å². The standard InChI is InChI=1S/C18H20F2N2O2/c19-12-6-7-14(20)13(9-12)15-10-17(24-21-15)18(23)22-8-2-5-16(22)11-3-1-4-11/h6-7,9,11,16-17H,1-5,8,10H2/t16-,17+/m1/s1. The molecule has 1 aromatic rings. The average Bonchev–Trinajstić information content (AvgIpc) is 3.17. The summed E-state index contributed by atoms with van der Waals surface area (Å²) in [6.45, 7) is 0.753. The summed E-state index contributed by atoms with van der Waals surface area (Å²) in [4.78, 5) is 20.0. The zero-order valence-electron chi connectivity index (χ0n) is 13.4. The van der Waals surface area contributed by atoms with Crippen molar-refractivity contribution in [1.29, 1.82) is 0 Å². The maximum atomic E-state index is 13.9. The van der Waals surface area contributed by atoms with Crippen molar-refractivity contribution in [2.45, 2.75) is 50.7 Å². The minimum Gasteiger partial charge on any atom is -0.382 e. The molecule has 1 aromatic carbocycles. The smallest absolute Gasteiger partial charge is 0.267 e. The van der Waals surface area contributed by atoms with Crippen LogP contribution in [0.1, 0.15) is 44.1 Å². The van der Waals surface area contributed by atoms with Gasteiger partial charge in [-0.2, -0.15) is 0 Å². The Bertz CT molecular complexity index is 688. The van der Waals surface area contributed by atoms with E-state index in [0.717, 1.165) is 37.6 Å². The van der Waals surface area contributed by atoms with Crippen LogP contribution in [0.4, 0.5) is 8.78 Å². The van der Waals surface area contributed by atoms with Gasteiger partial charge in [0.25, 0.3) is 5.91 Å². The van der Waals surface area contributed by atoms with Crippen molar-refractivity contribution in [1.82, 2.24) is 4.90 Å². The molecule has 1 saturated heterocycles. The van der Waals surface area contributed by atoms with Crippen molar-refractivity contribution in [3.8, 4) is 0 Å². The third kappa shape index (κ3) is 2.68. The topological polar surface area (TPSA) is 41.9 Å². The van der Waals surface area contributed by atoms with Crippen molar-refractivity contribution < 1.29 is 18.4 Å². The summed E-state index contributed by atoms with van der Waals surface area (Å²) >= 11 is 0. The Labute approximate surface area is 139 Å². The van der Waals surface area contributed by atoms with Gasteiger partial charge in [0.15, 0.2) is 0 Å². The zero-order valence-corrected chi connectivity index (χ0v) is 13.4. The predicted molar refractivity (Wildman–Crippen MR) is 84.5 cm³/mol. The van der Waals surface area contributed by atoms with Gasteiger partial charge in [0, 0.05) is 24.6 Å². The lowest BCUT2D eigenvalue weighted by molar-refractivity contribution is -0.144. The highest BCUT2D eigenvalue weighted by Crippen LogP contribution is 2.38. The van der Waals surface area contributed by atoms with E-state index in [1.165, 1.54) is 19.3 Å². The minimum atomic E-state index is -0.719. The number of halogens is 2. The number of amides is 1. The summed E-state index contributed by atoms with van der Waals surface area (Å²) in [7, 11) is 0. The van der Waals surface area contributed by atoms with Gasteiger partial charge in [-0.1, -0.05) is 11.6 Å².